The number of aryl methyl sites for hydroxylation is 1. The molecule has 190 valence electrons. The van der Waals surface area contributed by atoms with Crippen molar-refractivity contribution in [2.75, 3.05) is 36.1 Å². The predicted octanol–water partition coefficient (Wildman–Crippen LogP) is 2.72. The molecule has 0 unspecified atom stereocenters. The molecule has 0 aliphatic carbocycles. The van der Waals surface area contributed by atoms with Crippen LogP contribution in [-0.2, 0) is 24.3 Å². The standard InChI is InChI=1S/C22H22N4O7S3/c1-13-4-9-17-16(10-13)26(36(29,30)15-7-5-14(31-2)6-8-15)11-18(33-17)20(28)23-21-24-25-22(35-21)34-12-19(27)32-3/h4-10,18H,11-12H2,1-3H3,(H,23,24,28)/t18-/m1/s1. The highest BCUT2D eigenvalue weighted by molar-refractivity contribution is 8.01. The second-order valence-corrected chi connectivity index (χ2v) is 11.6. The zero-order valence-electron chi connectivity index (χ0n) is 19.5. The van der Waals surface area contributed by atoms with Gasteiger partial charge in [-0.2, -0.15) is 0 Å². The number of carbonyl (C=O) groups is 2. The number of thioether (sulfide) groups is 1. The summed E-state index contributed by atoms with van der Waals surface area (Å²) in [7, 11) is -1.24. The molecule has 2 heterocycles. The number of benzene rings is 2. The maximum absolute atomic E-state index is 13.6. The number of fused-ring (bicyclic) bond motifs is 1. The number of esters is 1. The molecule has 11 nitrogen and oxygen atoms in total. The second kappa shape index (κ2) is 10.7. The van der Waals surface area contributed by atoms with Crippen LogP contribution in [0, 0.1) is 6.92 Å². The molecule has 4 rings (SSSR count). The van der Waals surface area contributed by atoms with Crippen molar-refractivity contribution in [3.8, 4) is 11.5 Å². The summed E-state index contributed by atoms with van der Waals surface area (Å²) in [6, 6.07) is 11.1. The first-order valence-electron chi connectivity index (χ1n) is 10.5. The first kappa shape index (κ1) is 25.7. The Labute approximate surface area is 215 Å². The number of aromatic nitrogens is 2. The van der Waals surface area contributed by atoms with Gasteiger partial charge in [-0.05, 0) is 48.9 Å². The van der Waals surface area contributed by atoms with Gasteiger partial charge in [-0.3, -0.25) is 19.2 Å². The summed E-state index contributed by atoms with van der Waals surface area (Å²) in [6.07, 6.45) is -1.15. The van der Waals surface area contributed by atoms with Crippen molar-refractivity contribution in [3.63, 3.8) is 0 Å². The van der Waals surface area contributed by atoms with Gasteiger partial charge >= 0.3 is 5.97 Å². The van der Waals surface area contributed by atoms with Crippen LogP contribution in [0.3, 0.4) is 0 Å². The summed E-state index contributed by atoms with van der Waals surface area (Å²) in [5, 5.41) is 10.6. The summed E-state index contributed by atoms with van der Waals surface area (Å²) < 4.78 is 44.4. The number of methoxy groups -OCH3 is 2. The first-order chi connectivity index (χ1) is 17.2. The van der Waals surface area contributed by atoms with Gasteiger partial charge in [0.2, 0.25) is 5.13 Å². The van der Waals surface area contributed by atoms with Crippen LogP contribution >= 0.6 is 23.1 Å². The Balaban J connectivity index is 1.57. The summed E-state index contributed by atoms with van der Waals surface area (Å²) in [5.74, 6) is -0.166. The fraction of sp³-hybridized carbons (Fsp3) is 0.273. The van der Waals surface area contributed by atoms with Gasteiger partial charge in [-0.1, -0.05) is 29.2 Å². The number of nitrogens with one attached hydrogen (secondary N) is 1. The smallest absolute Gasteiger partial charge is 0.316 e. The van der Waals surface area contributed by atoms with Crippen LogP contribution in [0.2, 0.25) is 0 Å². The summed E-state index contributed by atoms with van der Waals surface area (Å²) >= 11 is 2.20. The molecule has 0 saturated heterocycles. The fourth-order valence-corrected chi connectivity index (χ4v) is 6.34. The molecule has 1 atom stereocenters. The van der Waals surface area contributed by atoms with Crippen molar-refractivity contribution in [2.24, 2.45) is 0 Å². The third kappa shape index (κ3) is 5.55. The summed E-state index contributed by atoms with van der Waals surface area (Å²) in [5.41, 5.74) is 1.17. The van der Waals surface area contributed by atoms with Crippen LogP contribution in [0.25, 0.3) is 0 Å². The van der Waals surface area contributed by atoms with Gasteiger partial charge in [0.05, 0.1) is 37.1 Å². The van der Waals surface area contributed by atoms with Gasteiger partial charge in [0.15, 0.2) is 10.4 Å². The van der Waals surface area contributed by atoms with Gasteiger partial charge in [-0.15, -0.1) is 10.2 Å². The monoisotopic (exact) mass is 550 g/mol. The van der Waals surface area contributed by atoms with Crippen LogP contribution in [0.5, 0.6) is 11.5 Å². The number of carbonyl (C=O) groups excluding carboxylic acids is 2. The van der Waals surface area contributed by atoms with E-state index >= 15 is 0 Å². The van der Waals surface area contributed by atoms with Crippen molar-refractivity contribution in [2.45, 2.75) is 22.3 Å². The minimum atomic E-state index is -4.03. The van der Waals surface area contributed by atoms with Crippen LogP contribution in [0.15, 0.2) is 51.7 Å². The lowest BCUT2D eigenvalue weighted by Gasteiger charge is -2.34. The van der Waals surface area contributed by atoms with Crippen molar-refractivity contribution in [3.05, 3.63) is 48.0 Å². The SMILES string of the molecule is COC(=O)CSc1nnc(NC(=O)[C@H]2CN(S(=O)(=O)c3ccc(OC)cc3)c3cc(C)ccc3O2)s1. The Kier molecular flexibility index (Phi) is 7.66. The Bertz CT molecular complexity index is 1380. The van der Waals surface area contributed by atoms with E-state index < -0.39 is 28.0 Å². The molecule has 1 N–H and O–H groups in total. The lowest BCUT2D eigenvalue weighted by molar-refractivity contribution is -0.137. The van der Waals surface area contributed by atoms with Crippen LogP contribution < -0.4 is 19.1 Å². The van der Waals surface area contributed by atoms with Gasteiger partial charge in [0.1, 0.15) is 11.5 Å². The topological polar surface area (TPSA) is 137 Å². The molecule has 1 aliphatic heterocycles. The van der Waals surface area contributed by atoms with Crippen molar-refractivity contribution < 1.29 is 32.2 Å². The molecule has 0 spiro atoms. The summed E-state index contributed by atoms with van der Waals surface area (Å²) in [6.45, 7) is 1.59. The molecule has 0 fully saturated rings. The fourth-order valence-electron chi connectivity index (χ4n) is 3.28. The van der Waals surface area contributed by atoms with E-state index in [0.29, 0.717) is 15.8 Å². The molecular formula is C22H22N4O7S3. The number of rotatable bonds is 8. The average Bonchev–Trinajstić information content (AvgIpc) is 3.33. The highest BCUT2D eigenvalue weighted by Gasteiger charge is 2.38. The number of amides is 1. The van der Waals surface area contributed by atoms with Crippen LogP contribution in [0.4, 0.5) is 10.8 Å². The highest BCUT2D eigenvalue weighted by Crippen LogP contribution is 2.38. The van der Waals surface area contributed by atoms with E-state index in [1.165, 1.54) is 30.7 Å². The van der Waals surface area contributed by atoms with E-state index in [9.17, 15) is 18.0 Å². The summed E-state index contributed by atoms with van der Waals surface area (Å²) in [4.78, 5) is 24.4. The molecular weight excluding hydrogens is 528 g/mol. The van der Waals surface area contributed by atoms with E-state index in [1.54, 1.807) is 30.3 Å². The van der Waals surface area contributed by atoms with Crippen LogP contribution in [-0.4, -0.2) is 63.1 Å². The van der Waals surface area contributed by atoms with E-state index in [4.69, 9.17) is 9.47 Å². The minimum Gasteiger partial charge on any atom is -0.497 e. The molecule has 14 heteroatoms. The van der Waals surface area contributed by atoms with E-state index in [2.05, 4.69) is 20.3 Å². The van der Waals surface area contributed by atoms with Gasteiger partial charge in [0.25, 0.3) is 15.9 Å². The van der Waals surface area contributed by atoms with Gasteiger partial charge in [0, 0.05) is 0 Å². The number of hydrogen-bond acceptors (Lipinski definition) is 11. The highest BCUT2D eigenvalue weighted by atomic mass is 32.2. The van der Waals surface area contributed by atoms with Crippen molar-refractivity contribution in [1.29, 1.82) is 0 Å². The first-order valence-corrected chi connectivity index (χ1v) is 13.7. The molecule has 1 amide bonds. The number of ether oxygens (including phenoxy) is 3. The zero-order valence-corrected chi connectivity index (χ0v) is 21.9. The third-order valence-corrected chi connectivity index (χ3v) is 8.84. The lowest BCUT2D eigenvalue weighted by Crippen LogP contribution is -2.48. The molecule has 0 bridgehead atoms. The van der Waals surface area contributed by atoms with Gasteiger partial charge in [-0.25, -0.2) is 8.42 Å². The van der Waals surface area contributed by atoms with Crippen molar-refractivity contribution in [1.82, 2.24) is 10.2 Å². The lowest BCUT2D eigenvalue weighted by atomic mass is 10.1. The molecule has 1 aliphatic rings. The second-order valence-electron chi connectivity index (χ2n) is 7.52. The number of sulfonamides is 1. The quantitative estimate of drug-likeness (QED) is 0.253. The molecule has 2 aromatic carbocycles. The molecule has 36 heavy (non-hydrogen) atoms. The number of nitrogens with zero attached hydrogens (tertiary/aromatic N) is 3. The largest absolute Gasteiger partial charge is 0.497 e. The normalized spacial score (nSPS) is 15.0. The predicted molar refractivity (Wildman–Crippen MR) is 134 cm³/mol. The minimum absolute atomic E-state index is 0.0493. The zero-order chi connectivity index (χ0) is 25.9. The molecule has 3 aromatic rings. The Morgan fingerprint density at radius 2 is 1.94 bits per heavy atom. The third-order valence-electron chi connectivity index (χ3n) is 5.10. The Morgan fingerprint density at radius 3 is 2.64 bits per heavy atom. The van der Waals surface area contributed by atoms with Gasteiger partial charge < -0.3 is 14.2 Å². The van der Waals surface area contributed by atoms with Crippen molar-refractivity contribution >= 4 is 55.8 Å². The van der Waals surface area contributed by atoms with E-state index in [1.807, 2.05) is 6.92 Å². The van der Waals surface area contributed by atoms with E-state index in [-0.39, 0.29) is 28.1 Å². The average molecular weight is 551 g/mol. The maximum atomic E-state index is 13.6. The Morgan fingerprint density at radius 1 is 1.19 bits per heavy atom. The number of anilines is 2. The number of hydrogen-bond donors (Lipinski definition) is 1. The van der Waals surface area contributed by atoms with E-state index in [0.717, 1.165) is 28.7 Å². The molecule has 1 aromatic heterocycles. The molecule has 0 saturated carbocycles. The Hall–Kier alpha value is -3.36. The van der Waals surface area contributed by atoms with Crippen LogP contribution in [0.1, 0.15) is 5.56 Å². The maximum Gasteiger partial charge on any atom is 0.316 e. The molecule has 0 radical (unpaired) electrons.